The topological polar surface area (TPSA) is 60.9 Å². The van der Waals surface area contributed by atoms with Crippen LogP contribution in [0.3, 0.4) is 0 Å². The van der Waals surface area contributed by atoms with Crippen molar-refractivity contribution in [2.75, 3.05) is 5.73 Å². The molecule has 2 N–H and O–H groups in total. The number of anilines is 1. The van der Waals surface area contributed by atoms with Crippen molar-refractivity contribution >= 4 is 5.82 Å². The average Bonchev–Trinajstić information content (AvgIpc) is 2.30. The van der Waals surface area contributed by atoms with Crippen LogP contribution in [0, 0.1) is 23.7 Å². The van der Waals surface area contributed by atoms with E-state index in [1.165, 1.54) is 32.1 Å². The minimum atomic E-state index is -0.160. The summed E-state index contributed by atoms with van der Waals surface area (Å²) < 4.78 is 1.86. The van der Waals surface area contributed by atoms with E-state index >= 15 is 0 Å². The molecule has 4 aliphatic carbocycles. The molecule has 4 bridgehead atoms. The molecule has 0 amide bonds. The molecule has 0 unspecified atom stereocenters. The summed E-state index contributed by atoms with van der Waals surface area (Å²) in [4.78, 5) is 15.9. The van der Waals surface area contributed by atoms with Crippen LogP contribution in [-0.2, 0) is 0 Å². The van der Waals surface area contributed by atoms with E-state index < -0.39 is 0 Å². The largest absolute Gasteiger partial charge is 0.383 e. The van der Waals surface area contributed by atoms with Crippen LogP contribution in [0.2, 0.25) is 0 Å². The first-order chi connectivity index (χ1) is 8.70. The van der Waals surface area contributed by atoms with Gasteiger partial charge in [0, 0.05) is 12.2 Å². The van der Waals surface area contributed by atoms with Gasteiger partial charge in [-0.3, -0.25) is 4.57 Å². The summed E-state index contributed by atoms with van der Waals surface area (Å²) in [7, 11) is 0. The zero-order valence-corrected chi connectivity index (χ0v) is 10.5. The monoisotopic (exact) mass is 245 g/mol. The Balaban J connectivity index is 1.74. The molecule has 0 radical (unpaired) electrons. The Morgan fingerprint density at radius 2 is 1.72 bits per heavy atom. The fourth-order valence-electron chi connectivity index (χ4n) is 5.00. The second-order valence-corrected chi connectivity index (χ2v) is 6.46. The van der Waals surface area contributed by atoms with Crippen molar-refractivity contribution in [1.82, 2.24) is 9.55 Å². The Morgan fingerprint density at radius 1 is 1.11 bits per heavy atom. The molecule has 18 heavy (non-hydrogen) atoms. The minimum absolute atomic E-state index is 0.160. The van der Waals surface area contributed by atoms with Gasteiger partial charge in [0.15, 0.2) is 0 Å². The Kier molecular flexibility index (Phi) is 2.11. The van der Waals surface area contributed by atoms with Gasteiger partial charge in [-0.25, -0.2) is 4.79 Å². The van der Waals surface area contributed by atoms with Crippen molar-refractivity contribution in [3.05, 3.63) is 22.7 Å². The molecule has 4 nitrogen and oxygen atoms in total. The highest BCUT2D eigenvalue weighted by molar-refractivity contribution is 5.24. The molecule has 0 aromatic carbocycles. The van der Waals surface area contributed by atoms with Gasteiger partial charge in [0.2, 0.25) is 0 Å². The molecular weight excluding hydrogens is 226 g/mol. The van der Waals surface area contributed by atoms with Gasteiger partial charge < -0.3 is 5.73 Å². The number of rotatable bonds is 1. The highest BCUT2D eigenvalue weighted by atomic mass is 16.1. The molecule has 4 saturated carbocycles. The molecule has 4 aliphatic rings. The molecule has 5 rings (SSSR count). The Hall–Kier alpha value is -1.32. The third kappa shape index (κ3) is 1.44. The zero-order valence-electron chi connectivity index (χ0n) is 10.5. The summed E-state index contributed by atoms with van der Waals surface area (Å²) in [5.74, 6) is 3.59. The lowest BCUT2D eigenvalue weighted by Gasteiger charge is -2.54. The van der Waals surface area contributed by atoms with Gasteiger partial charge in [-0.05, 0) is 61.8 Å². The number of hydrogen-bond acceptors (Lipinski definition) is 3. The highest BCUT2D eigenvalue weighted by Gasteiger charge is 2.49. The third-order valence-corrected chi connectivity index (χ3v) is 5.35. The van der Waals surface area contributed by atoms with Crippen molar-refractivity contribution in [2.24, 2.45) is 23.7 Å². The van der Waals surface area contributed by atoms with Gasteiger partial charge in [0.1, 0.15) is 5.82 Å². The summed E-state index contributed by atoms with van der Waals surface area (Å²) in [5.41, 5.74) is 5.42. The number of hydrogen-bond donors (Lipinski definition) is 1. The summed E-state index contributed by atoms with van der Waals surface area (Å²) in [6.45, 7) is 0. The smallest absolute Gasteiger partial charge is 0.349 e. The average molecular weight is 245 g/mol. The first-order valence-electron chi connectivity index (χ1n) is 7.05. The standard InChI is InChI=1S/C14H19N3O/c15-12-1-2-17(14(18)16-12)13-10-4-8-3-9(6-10)7-11(13)5-8/h1-2,8-11,13H,3-7H2,(H2,15,16,18). The van der Waals surface area contributed by atoms with E-state index in [4.69, 9.17) is 5.73 Å². The highest BCUT2D eigenvalue weighted by Crippen LogP contribution is 2.57. The predicted molar refractivity (Wildman–Crippen MR) is 69.0 cm³/mol. The summed E-state index contributed by atoms with van der Waals surface area (Å²) in [5, 5.41) is 0. The molecular formula is C14H19N3O. The predicted octanol–water partition coefficient (Wildman–Crippen LogP) is 1.82. The molecule has 4 fully saturated rings. The van der Waals surface area contributed by atoms with Gasteiger partial charge in [0.05, 0.1) is 0 Å². The maximum absolute atomic E-state index is 12.0. The van der Waals surface area contributed by atoms with Crippen LogP contribution in [0.1, 0.15) is 38.1 Å². The van der Waals surface area contributed by atoms with Crippen LogP contribution >= 0.6 is 0 Å². The van der Waals surface area contributed by atoms with E-state index in [0.717, 1.165) is 11.8 Å². The Morgan fingerprint density at radius 3 is 2.28 bits per heavy atom. The van der Waals surface area contributed by atoms with Gasteiger partial charge in [-0.1, -0.05) is 0 Å². The van der Waals surface area contributed by atoms with Gasteiger partial charge in [0.25, 0.3) is 0 Å². The van der Waals surface area contributed by atoms with Crippen LogP contribution in [0.15, 0.2) is 17.1 Å². The van der Waals surface area contributed by atoms with Crippen LogP contribution in [-0.4, -0.2) is 9.55 Å². The molecule has 0 atom stereocenters. The molecule has 1 heterocycles. The first-order valence-corrected chi connectivity index (χ1v) is 7.05. The fraction of sp³-hybridized carbons (Fsp3) is 0.714. The zero-order chi connectivity index (χ0) is 12.3. The quantitative estimate of drug-likeness (QED) is 0.821. The van der Waals surface area contributed by atoms with E-state index in [0.29, 0.717) is 23.7 Å². The number of aromatic nitrogens is 2. The SMILES string of the molecule is Nc1ccn(C2C3CC4CC(C3)CC2C4)c(=O)n1. The van der Waals surface area contributed by atoms with Gasteiger partial charge >= 0.3 is 5.69 Å². The lowest BCUT2D eigenvalue weighted by atomic mass is 9.54. The molecule has 0 spiro atoms. The molecule has 4 heteroatoms. The van der Waals surface area contributed by atoms with Crippen LogP contribution in [0.5, 0.6) is 0 Å². The second-order valence-electron chi connectivity index (χ2n) is 6.46. The van der Waals surface area contributed by atoms with Crippen molar-refractivity contribution in [1.29, 1.82) is 0 Å². The molecule has 0 aliphatic heterocycles. The maximum Gasteiger partial charge on any atom is 0.349 e. The summed E-state index contributed by atoms with van der Waals surface area (Å²) >= 11 is 0. The normalized spacial score (nSPS) is 41.2. The van der Waals surface area contributed by atoms with Gasteiger partial charge in [-0.2, -0.15) is 4.98 Å². The van der Waals surface area contributed by atoms with E-state index in [2.05, 4.69) is 4.98 Å². The van der Waals surface area contributed by atoms with Crippen LogP contribution in [0.25, 0.3) is 0 Å². The Labute approximate surface area is 106 Å². The lowest BCUT2D eigenvalue weighted by molar-refractivity contribution is -0.0308. The second kappa shape index (κ2) is 3.59. The van der Waals surface area contributed by atoms with Crippen molar-refractivity contribution in [3.8, 4) is 0 Å². The van der Waals surface area contributed by atoms with Crippen molar-refractivity contribution < 1.29 is 0 Å². The number of nitrogens with zero attached hydrogens (tertiary/aromatic N) is 2. The number of nitrogen functional groups attached to an aromatic ring is 1. The lowest BCUT2D eigenvalue weighted by Crippen LogP contribution is -2.48. The van der Waals surface area contributed by atoms with E-state index in [9.17, 15) is 4.79 Å². The molecule has 96 valence electrons. The summed E-state index contributed by atoms with van der Waals surface area (Å²) in [6.07, 6.45) is 8.55. The summed E-state index contributed by atoms with van der Waals surface area (Å²) in [6, 6.07) is 2.14. The van der Waals surface area contributed by atoms with E-state index in [1.54, 1.807) is 6.07 Å². The van der Waals surface area contributed by atoms with Crippen LogP contribution < -0.4 is 11.4 Å². The minimum Gasteiger partial charge on any atom is -0.383 e. The Bertz CT molecular complexity index is 508. The maximum atomic E-state index is 12.0. The molecule has 1 aromatic heterocycles. The van der Waals surface area contributed by atoms with E-state index in [1.807, 2.05) is 10.8 Å². The van der Waals surface area contributed by atoms with Crippen LogP contribution in [0.4, 0.5) is 5.82 Å². The van der Waals surface area contributed by atoms with Crippen molar-refractivity contribution in [3.63, 3.8) is 0 Å². The molecule has 1 aromatic rings. The fourth-order valence-corrected chi connectivity index (χ4v) is 5.00. The van der Waals surface area contributed by atoms with Crippen molar-refractivity contribution in [2.45, 2.75) is 38.1 Å². The number of nitrogens with two attached hydrogens (primary N) is 1. The van der Waals surface area contributed by atoms with E-state index in [-0.39, 0.29) is 5.69 Å². The molecule has 0 saturated heterocycles. The van der Waals surface area contributed by atoms with Gasteiger partial charge in [-0.15, -0.1) is 0 Å². The third-order valence-electron chi connectivity index (χ3n) is 5.35. The first kappa shape index (κ1) is 10.6.